The molecule has 0 saturated heterocycles. The predicted octanol–water partition coefficient (Wildman–Crippen LogP) is 6.25. The number of rotatable bonds is 3. The highest BCUT2D eigenvalue weighted by molar-refractivity contribution is 5.90. The first-order valence-electron chi connectivity index (χ1n) is 8.03. The van der Waals surface area contributed by atoms with Gasteiger partial charge in [-0.25, -0.2) is 0 Å². The van der Waals surface area contributed by atoms with E-state index in [-0.39, 0.29) is 0 Å². The quantitative estimate of drug-likeness (QED) is 0.419. The summed E-state index contributed by atoms with van der Waals surface area (Å²) in [5, 5.41) is 5.25. The summed E-state index contributed by atoms with van der Waals surface area (Å²) in [6.45, 7) is 0. The third-order valence-corrected chi connectivity index (χ3v) is 4.34. The number of fused-ring (bicyclic) bond motifs is 2. The molecule has 4 rings (SSSR count). The van der Waals surface area contributed by atoms with E-state index in [1.165, 1.54) is 32.7 Å². The SMILES string of the molecule is C(=C\c1cccc2ccccc12)/Cc1cccc2ccccc12. The van der Waals surface area contributed by atoms with Crippen molar-refractivity contribution in [1.29, 1.82) is 0 Å². The standard InChI is InChI=1S/C23H18/c1-3-16-22-18(8-1)10-5-12-20(22)14-7-15-21-13-6-11-19-9-2-4-17-23(19)21/h1-14,16-17H,15H2/b14-7+. The zero-order valence-corrected chi connectivity index (χ0v) is 12.9. The van der Waals surface area contributed by atoms with Gasteiger partial charge in [-0.3, -0.25) is 0 Å². The summed E-state index contributed by atoms with van der Waals surface area (Å²) in [6.07, 6.45) is 5.46. The van der Waals surface area contributed by atoms with Crippen molar-refractivity contribution in [3.8, 4) is 0 Å². The molecule has 23 heavy (non-hydrogen) atoms. The molecule has 0 aromatic heterocycles. The Bertz CT molecular complexity index is 982. The van der Waals surface area contributed by atoms with Gasteiger partial charge >= 0.3 is 0 Å². The number of hydrogen-bond acceptors (Lipinski definition) is 0. The highest BCUT2D eigenvalue weighted by atomic mass is 14.0. The molecule has 0 aliphatic carbocycles. The van der Waals surface area contributed by atoms with Gasteiger partial charge in [0.05, 0.1) is 0 Å². The molecular formula is C23H18. The van der Waals surface area contributed by atoms with E-state index in [1.54, 1.807) is 0 Å². The van der Waals surface area contributed by atoms with Crippen LogP contribution >= 0.6 is 0 Å². The van der Waals surface area contributed by atoms with Gasteiger partial charge in [0.25, 0.3) is 0 Å². The topological polar surface area (TPSA) is 0 Å². The summed E-state index contributed by atoms with van der Waals surface area (Å²) < 4.78 is 0. The molecule has 0 spiro atoms. The van der Waals surface area contributed by atoms with Crippen LogP contribution in [0.5, 0.6) is 0 Å². The lowest BCUT2D eigenvalue weighted by Gasteiger charge is -2.04. The van der Waals surface area contributed by atoms with Crippen molar-refractivity contribution in [2.75, 3.05) is 0 Å². The van der Waals surface area contributed by atoms with Gasteiger partial charge in [0, 0.05) is 0 Å². The lowest BCUT2D eigenvalue weighted by molar-refractivity contribution is 1.31. The van der Waals surface area contributed by atoms with Crippen LogP contribution in [0.15, 0.2) is 91.0 Å². The van der Waals surface area contributed by atoms with Crippen molar-refractivity contribution < 1.29 is 0 Å². The van der Waals surface area contributed by atoms with Gasteiger partial charge in [0.1, 0.15) is 0 Å². The van der Waals surface area contributed by atoms with Crippen molar-refractivity contribution in [1.82, 2.24) is 0 Å². The van der Waals surface area contributed by atoms with Crippen molar-refractivity contribution in [2.24, 2.45) is 0 Å². The van der Waals surface area contributed by atoms with Crippen LogP contribution in [-0.4, -0.2) is 0 Å². The lowest BCUT2D eigenvalue weighted by atomic mass is 10.0. The van der Waals surface area contributed by atoms with Gasteiger partial charge < -0.3 is 0 Å². The van der Waals surface area contributed by atoms with Crippen LogP contribution in [0.2, 0.25) is 0 Å². The molecule has 0 radical (unpaired) electrons. The third-order valence-electron chi connectivity index (χ3n) is 4.34. The second kappa shape index (κ2) is 6.10. The second-order valence-corrected chi connectivity index (χ2v) is 5.81. The first kappa shape index (κ1) is 13.8. The normalized spacial score (nSPS) is 11.5. The molecule has 0 aliphatic heterocycles. The average molecular weight is 294 g/mol. The largest absolute Gasteiger partial charge is 0.0795 e. The van der Waals surface area contributed by atoms with Crippen molar-refractivity contribution in [3.63, 3.8) is 0 Å². The Kier molecular flexibility index (Phi) is 3.65. The van der Waals surface area contributed by atoms with Crippen LogP contribution in [0.25, 0.3) is 27.6 Å². The van der Waals surface area contributed by atoms with E-state index in [1.807, 2.05) is 0 Å². The molecular weight excluding hydrogens is 276 g/mol. The Hall–Kier alpha value is -2.86. The fourth-order valence-electron chi connectivity index (χ4n) is 3.18. The zero-order chi connectivity index (χ0) is 15.5. The van der Waals surface area contributed by atoms with Gasteiger partial charge in [-0.15, -0.1) is 0 Å². The predicted molar refractivity (Wildman–Crippen MR) is 101 cm³/mol. The van der Waals surface area contributed by atoms with Gasteiger partial charge in [-0.1, -0.05) is 97.1 Å². The molecule has 0 heteroatoms. The first-order valence-corrected chi connectivity index (χ1v) is 8.03. The molecule has 0 nitrogen and oxygen atoms in total. The van der Waals surface area contributed by atoms with E-state index >= 15 is 0 Å². The first-order chi connectivity index (χ1) is 11.4. The molecule has 4 aromatic carbocycles. The molecule has 0 fully saturated rings. The molecule has 0 unspecified atom stereocenters. The molecule has 4 aromatic rings. The highest BCUT2D eigenvalue weighted by Crippen LogP contribution is 2.22. The second-order valence-electron chi connectivity index (χ2n) is 5.81. The van der Waals surface area contributed by atoms with Gasteiger partial charge in [0.2, 0.25) is 0 Å². The number of allylic oxidation sites excluding steroid dienone is 1. The maximum atomic E-state index is 2.27. The molecule has 0 amide bonds. The fourth-order valence-corrected chi connectivity index (χ4v) is 3.18. The van der Waals surface area contributed by atoms with E-state index < -0.39 is 0 Å². The number of hydrogen-bond donors (Lipinski definition) is 0. The Morgan fingerprint density at radius 1 is 0.565 bits per heavy atom. The lowest BCUT2D eigenvalue weighted by Crippen LogP contribution is -1.84. The summed E-state index contributed by atoms with van der Waals surface area (Å²) >= 11 is 0. The zero-order valence-electron chi connectivity index (χ0n) is 12.9. The Morgan fingerprint density at radius 3 is 2.00 bits per heavy atom. The molecule has 0 saturated carbocycles. The van der Waals surface area contributed by atoms with Crippen molar-refractivity contribution in [3.05, 3.63) is 102 Å². The Morgan fingerprint density at radius 2 is 1.17 bits per heavy atom. The van der Waals surface area contributed by atoms with Crippen LogP contribution in [0, 0.1) is 0 Å². The average Bonchev–Trinajstić information content (AvgIpc) is 2.62. The summed E-state index contributed by atoms with van der Waals surface area (Å²) in [7, 11) is 0. The van der Waals surface area contributed by atoms with Gasteiger partial charge in [0.15, 0.2) is 0 Å². The van der Waals surface area contributed by atoms with E-state index in [9.17, 15) is 0 Å². The van der Waals surface area contributed by atoms with Crippen molar-refractivity contribution >= 4 is 27.6 Å². The van der Waals surface area contributed by atoms with E-state index in [4.69, 9.17) is 0 Å². The van der Waals surface area contributed by atoms with Gasteiger partial charge in [-0.2, -0.15) is 0 Å². The minimum atomic E-state index is 0.949. The van der Waals surface area contributed by atoms with Crippen LogP contribution in [0.1, 0.15) is 11.1 Å². The van der Waals surface area contributed by atoms with E-state index in [2.05, 4.69) is 97.1 Å². The summed E-state index contributed by atoms with van der Waals surface area (Å²) in [5.74, 6) is 0. The van der Waals surface area contributed by atoms with E-state index in [0.29, 0.717) is 0 Å². The maximum absolute atomic E-state index is 2.27. The molecule has 0 atom stereocenters. The smallest absolute Gasteiger partial charge is 0.00880 e. The van der Waals surface area contributed by atoms with Crippen molar-refractivity contribution in [2.45, 2.75) is 6.42 Å². The van der Waals surface area contributed by atoms with Gasteiger partial charge in [-0.05, 0) is 39.1 Å². The third kappa shape index (κ3) is 2.76. The Labute approximate surface area is 136 Å². The summed E-state index contributed by atoms with van der Waals surface area (Å²) in [5.41, 5.74) is 2.66. The molecule has 0 aliphatic rings. The van der Waals surface area contributed by atoms with Crippen LogP contribution in [-0.2, 0) is 6.42 Å². The minimum Gasteiger partial charge on any atom is -0.0795 e. The highest BCUT2D eigenvalue weighted by Gasteiger charge is 1.99. The minimum absolute atomic E-state index is 0.949. The fraction of sp³-hybridized carbons (Fsp3) is 0.0435. The summed E-state index contributed by atoms with van der Waals surface area (Å²) in [6, 6.07) is 30.1. The number of benzene rings is 4. The molecule has 110 valence electrons. The molecule has 0 bridgehead atoms. The van der Waals surface area contributed by atoms with Crippen LogP contribution < -0.4 is 0 Å². The van der Waals surface area contributed by atoms with Crippen LogP contribution in [0.4, 0.5) is 0 Å². The summed E-state index contributed by atoms with van der Waals surface area (Å²) in [4.78, 5) is 0. The maximum Gasteiger partial charge on any atom is -0.00880 e. The molecule has 0 N–H and O–H groups in total. The Balaban J connectivity index is 1.66. The van der Waals surface area contributed by atoms with Crippen LogP contribution in [0.3, 0.4) is 0 Å². The monoisotopic (exact) mass is 294 g/mol. The van der Waals surface area contributed by atoms with E-state index in [0.717, 1.165) is 6.42 Å². The molecule has 0 heterocycles.